The van der Waals surface area contributed by atoms with Gasteiger partial charge in [0.2, 0.25) is 0 Å². The van der Waals surface area contributed by atoms with Gasteiger partial charge < -0.3 is 10.6 Å². The van der Waals surface area contributed by atoms with E-state index in [0.717, 1.165) is 18.8 Å². The van der Waals surface area contributed by atoms with E-state index in [0.29, 0.717) is 17.8 Å². The first-order valence-electron chi connectivity index (χ1n) is 6.01. The molecular weight excluding hydrogens is 217 g/mol. The summed E-state index contributed by atoms with van der Waals surface area (Å²) in [5.41, 5.74) is 7.39. The molecule has 1 saturated heterocycles. The van der Waals surface area contributed by atoms with Gasteiger partial charge in [0.15, 0.2) is 0 Å². The van der Waals surface area contributed by atoms with Crippen LogP contribution in [0.4, 0.5) is 15.8 Å². The van der Waals surface area contributed by atoms with Gasteiger partial charge in [0.25, 0.3) is 0 Å². The Labute approximate surface area is 102 Å². The van der Waals surface area contributed by atoms with Gasteiger partial charge >= 0.3 is 0 Å². The molecule has 94 valence electrons. The minimum absolute atomic E-state index is 0.228. The zero-order valence-electron chi connectivity index (χ0n) is 10.7. The fourth-order valence-electron chi connectivity index (χ4n) is 2.39. The van der Waals surface area contributed by atoms with E-state index >= 15 is 0 Å². The standard InChI is InChI=1S/C13H20FN3/c1-9-7-17(8-10(2)16(9)3)13-6-11(14)4-5-12(13)15/h4-6,9-10H,7-8,15H2,1-3H3. The van der Waals surface area contributed by atoms with E-state index in [1.807, 2.05) is 0 Å². The summed E-state index contributed by atoms with van der Waals surface area (Å²) in [6, 6.07) is 5.46. The Morgan fingerprint density at radius 2 is 1.82 bits per heavy atom. The number of nitrogens with two attached hydrogens (primary N) is 1. The highest BCUT2D eigenvalue weighted by Gasteiger charge is 2.27. The summed E-state index contributed by atoms with van der Waals surface area (Å²) in [5.74, 6) is -0.228. The van der Waals surface area contributed by atoms with Crippen LogP contribution in [-0.4, -0.2) is 37.1 Å². The van der Waals surface area contributed by atoms with Gasteiger partial charge in [0, 0.05) is 25.2 Å². The second kappa shape index (κ2) is 4.53. The van der Waals surface area contributed by atoms with Crippen molar-refractivity contribution in [3.8, 4) is 0 Å². The Hall–Kier alpha value is -1.29. The third-order valence-corrected chi connectivity index (χ3v) is 3.69. The number of rotatable bonds is 1. The molecule has 3 nitrogen and oxygen atoms in total. The number of hydrogen-bond donors (Lipinski definition) is 1. The predicted octanol–water partition coefficient (Wildman–Crippen LogP) is 1.94. The van der Waals surface area contributed by atoms with Crippen molar-refractivity contribution in [1.82, 2.24) is 4.90 Å². The van der Waals surface area contributed by atoms with Crippen molar-refractivity contribution in [3.63, 3.8) is 0 Å². The van der Waals surface area contributed by atoms with Crippen LogP contribution >= 0.6 is 0 Å². The van der Waals surface area contributed by atoms with Gasteiger partial charge in [-0.05, 0) is 39.1 Å². The Bertz CT molecular complexity index is 396. The molecule has 1 aliphatic rings. The molecule has 0 amide bonds. The van der Waals surface area contributed by atoms with Crippen LogP contribution in [0.2, 0.25) is 0 Å². The van der Waals surface area contributed by atoms with Crippen LogP contribution in [0.25, 0.3) is 0 Å². The minimum Gasteiger partial charge on any atom is -0.397 e. The van der Waals surface area contributed by atoms with Gasteiger partial charge in [0.05, 0.1) is 11.4 Å². The quantitative estimate of drug-likeness (QED) is 0.758. The van der Waals surface area contributed by atoms with Crippen molar-refractivity contribution < 1.29 is 4.39 Å². The van der Waals surface area contributed by atoms with Crippen molar-refractivity contribution in [1.29, 1.82) is 0 Å². The molecule has 0 aromatic heterocycles. The lowest BCUT2D eigenvalue weighted by molar-refractivity contribution is 0.170. The molecule has 1 aliphatic heterocycles. The third kappa shape index (κ3) is 2.36. The van der Waals surface area contributed by atoms with Crippen LogP contribution < -0.4 is 10.6 Å². The maximum Gasteiger partial charge on any atom is 0.125 e. The average Bonchev–Trinajstić information content (AvgIpc) is 2.28. The van der Waals surface area contributed by atoms with E-state index in [2.05, 4.69) is 30.7 Å². The van der Waals surface area contributed by atoms with Gasteiger partial charge in [-0.15, -0.1) is 0 Å². The molecule has 0 aliphatic carbocycles. The van der Waals surface area contributed by atoms with E-state index in [1.165, 1.54) is 12.1 Å². The zero-order valence-corrected chi connectivity index (χ0v) is 10.7. The van der Waals surface area contributed by atoms with Gasteiger partial charge in [0.1, 0.15) is 5.82 Å². The van der Waals surface area contributed by atoms with Gasteiger partial charge in [-0.1, -0.05) is 0 Å². The van der Waals surface area contributed by atoms with Crippen molar-refractivity contribution in [3.05, 3.63) is 24.0 Å². The summed E-state index contributed by atoms with van der Waals surface area (Å²) >= 11 is 0. The maximum absolute atomic E-state index is 13.3. The topological polar surface area (TPSA) is 32.5 Å². The molecular formula is C13H20FN3. The summed E-state index contributed by atoms with van der Waals surface area (Å²) in [7, 11) is 2.13. The molecule has 17 heavy (non-hydrogen) atoms. The number of nitrogens with zero attached hydrogens (tertiary/aromatic N) is 2. The van der Waals surface area contributed by atoms with Gasteiger partial charge in [-0.25, -0.2) is 4.39 Å². The first-order valence-corrected chi connectivity index (χ1v) is 6.01. The van der Waals surface area contributed by atoms with E-state index in [4.69, 9.17) is 5.73 Å². The second-order valence-electron chi connectivity index (χ2n) is 4.97. The van der Waals surface area contributed by atoms with Gasteiger partial charge in [-0.2, -0.15) is 0 Å². The smallest absolute Gasteiger partial charge is 0.125 e. The Kier molecular flexibility index (Phi) is 3.24. The van der Waals surface area contributed by atoms with E-state index in [9.17, 15) is 4.39 Å². The van der Waals surface area contributed by atoms with Crippen LogP contribution in [0.5, 0.6) is 0 Å². The molecule has 0 spiro atoms. The number of piperazine rings is 1. The van der Waals surface area contributed by atoms with Crippen molar-refractivity contribution in [2.24, 2.45) is 0 Å². The molecule has 2 unspecified atom stereocenters. The van der Waals surface area contributed by atoms with Crippen LogP contribution in [0.15, 0.2) is 18.2 Å². The summed E-state index contributed by atoms with van der Waals surface area (Å²) in [6.07, 6.45) is 0. The number of hydrogen-bond acceptors (Lipinski definition) is 3. The normalized spacial score (nSPS) is 26.2. The highest BCUT2D eigenvalue weighted by Crippen LogP contribution is 2.27. The average molecular weight is 237 g/mol. The Morgan fingerprint density at radius 1 is 1.24 bits per heavy atom. The monoisotopic (exact) mass is 237 g/mol. The van der Waals surface area contributed by atoms with Crippen molar-refractivity contribution in [2.75, 3.05) is 30.8 Å². The fourth-order valence-corrected chi connectivity index (χ4v) is 2.39. The van der Waals surface area contributed by atoms with Gasteiger partial charge in [-0.3, -0.25) is 4.90 Å². The van der Waals surface area contributed by atoms with E-state index < -0.39 is 0 Å². The maximum atomic E-state index is 13.3. The number of anilines is 2. The molecule has 4 heteroatoms. The largest absolute Gasteiger partial charge is 0.397 e. The Balaban J connectivity index is 2.25. The summed E-state index contributed by atoms with van der Waals surface area (Å²) in [6.45, 7) is 6.12. The SMILES string of the molecule is CC1CN(c2cc(F)ccc2N)CC(C)N1C. The van der Waals surface area contributed by atoms with Crippen molar-refractivity contribution in [2.45, 2.75) is 25.9 Å². The fraction of sp³-hybridized carbons (Fsp3) is 0.538. The molecule has 1 aromatic rings. The minimum atomic E-state index is -0.228. The third-order valence-electron chi connectivity index (χ3n) is 3.69. The molecule has 1 heterocycles. The predicted molar refractivity (Wildman–Crippen MR) is 69.7 cm³/mol. The lowest BCUT2D eigenvalue weighted by Crippen LogP contribution is -2.55. The molecule has 0 bridgehead atoms. The summed E-state index contributed by atoms with van der Waals surface area (Å²) < 4.78 is 13.3. The van der Waals surface area contributed by atoms with Crippen LogP contribution in [0.3, 0.4) is 0 Å². The van der Waals surface area contributed by atoms with Crippen LogP contribution in [0.1, 0.15) is 13.8 Å². The van der Waals surface area contributed by atoms with Crippen LogP contribution in [0, 0.1) is 5.82 Å². The molecule has 1 fully saturated rings. The van der Waals surface area contributed by atoms with Crippen molar-refractivity contribution >= 4 is 11.4 Å². The molecule has 1 aromatic carbocycles. The first-order chi connectivity index (χ1) is 7.99. The molecule has 2 rings (SSSR count). The first kappa shape index (κ1) is 12.2. The zero-order chi connectivity index (χ0) is 12.6. The highest BCUT2D eigenvalue weighted by molar-refractivity contribution is 5.67. The van der Waals surface area contributed by atoms with Crippen LogP contribution in [-0.2, 0) is 0 Å². The Morgan fingerprint density at radius 3 is 2.41 bits per heavy atom. The molecule has 0 radical (unpaired) electrons. The second-order valence-corrected chi connectivity index (χ2v) is 4.97. The summed E-state index contributed by atoms with van der Waals surface area (Å²) in [5, 5.41) is 0. The number of halogens is 1. The molecule has 2 atom stereocenters. The molecule has 2 N–H and O–H groups in total. The summed E-state index contributed by atoms with van der Waals surface area (Å²) in [4.78, 5) is 4.51. The number of nitrogen functional groups attached to an aromatic ring is 1. The van der Waals surface area contributed by atoms with E-state index in [1.54, 1.807) is 6.07 Å². The lowest BCUT2D eigenvalue weighted by Gasteiger charge is -2.43. The number of benzene rings is 1. The number of likely N-dealkylation sites (N-methyl/N-ethyl adjacent to an activating group) is 1. The highest BCUT2D eigenvalue weighted by atomic mass is 19.1. The molecule has 0 saturated carbocycles. The van der Waals surface area contributed by atoms with E-state index in [-0.39, 0.29) is 5.82 Å². The lowest BCUT2D eigenvalue weighted by atomic mass is 10.1.